The highest BCUT2D eigenvalue weighted by atomic mass is 16.5. The Bertz CT molecular complexity index is 145. The van der Waals surface area contributed by atoms with E-state index < -0.39 is 0 Å². The average molecular weight is 140 g/mol. The van der Waals surface area contributed by atoms with Crippen LogP contribution in [-0.4, -0.2) is 5.97 Å². The van der Waals surface area contributed by atoms with Crippen molar-refractivity contribution in [2.24, 2.45) is 0 Å². The highest BCUT2D eigenvalue weighted by Gasteiger charge is 1.81. The van der Waals surface area contributed by atoms with Gasteiger partial charge in [-0.15, -0.1) is 0 Å². The molecule has 0 aliphatic carbocycles. The molecule has 0 saturated carbocycles. The Balaban J connectivity index is 3.37. The summed E-state index contributed by atoms with van der Waals surface area (Å²) in [7, 11) is 0. The maximum Gasteiger partial charge on any atom is 0.307 e. The molecule has 0 fully saturated rings. The van der Waals surface area contributed by atoms with Crippen LogP contribution >= 0.6 is 0 Å². The minimum absolute atomic E-state index is 0.291. The first-order valence-electron chi connectivity index (χ1n) is 3.26. The summed E-state index contributed by atoms with van der Waals surface area (Å²) in [6, 6.07) is 0. The number of esters is 1. The van der Waals surface area contributed by atoms with E-state index in [2.05, 4.69) is 4.74 Å². The molecule has 0 spiro atoms. The molecule has 0 N–H and O–H groups in total. The van der Waals surface area contributed by atoms with Gasteiger partial charge in [0.05, 0.1) is 6.26 Å². The monoisotopic (exact) mass is 140 g/mol. The predicted octanol–water partition coefficient (Wildman–Crippen LogP) is 2.03. The molecule has 0 aromatic heterocycles. The van der Waals surface area contributed by atoms with E-state index >= 15 is 0 Å². The lowest BCUT2D eigenvalue weighted by Crippen LogP contribution is -1.88. The molecule has 0 rings (SSSR count). The summed E-state index contributed by atoms with van der Waals surface area (Å²) in [6.45, 7) is 3.41. The van der Waals surface area contributed by atoms with Crippen LogP contribution in [0.3, 0.4) is 0 Å². The summed E-state index contributed by atoms with van der Waals surface area (Å²) < 4.78 is 4.52. The molecule has 2 nitrogen and oxygen atoms in total. The normalized spacial score (nSPS) is 11.0. The van der Waals surface area contributed by atoms with Crippen LogP contribution in [-0.2, 0) is 9.53 Å². The average Bonchev–Trinajstić information content (AvgIpc) is 1.87. The predicted molar refractivity (Wildman–Crippen MR) is 40.3 cm³/mol. The van der Waals surface area contributed by atoms with E-state index in [4.69, 9.17) is 0 Å². The molecule has 10 heavy (non-hydrogen) atoms. The second-order valence-corrected chi connectivity index (χ2v) is 1.77. The van der Waals surface area contributed by atoms with Crippen LogP contribution in [0, 0.1) is 0 Å². The molecule has 0 amide bonds. The Labute approximate surface area is 61.2 Å². The van der Waals surface area contributed by atoms with E-state index in [1.807, 2.05) is 19.1 Å². The molecular weight excluding hydrogens is 128 g/mol. The van der Waals surface area contributed by atoms with Gasteiger partial charge >= 0.3 is 5.97 Å². The van der Waals surface area contributed by atoms with Gasteiger partial charge in [0, 0.05) is 6.92 Å². The van der Waals surface area contributed by atoms with Gasteiger partial charge in [-0.2, -0.15) is 0 Å². The van der Waals surface area contributed by atoms with E-state index in [1.54, 1.807) is 6.08 Å². The Morgan fingerprint density at radius 1 is 1.50 bits per heavy atom. The number of ether oxygens (including phenoxy) is 1. The van der Waals surface area contributed by atoms with Gasteiger partial charge < -0.3 is 4.74 Å². The SMILES string of the molecule is CC/C=C\C=C\OC(C)=O. The van der Waals surface area contributed by atoms with E-state index in [0.29, 0.717) is 0 Å². The molecule has 0 saturated heterocycles. The Morgan fingerprint density at radius 3 is 2.70 bits per heavy atom. The number of carbonyl (C=O) groups excluding carboxylic acids is 1. The first-order chi connectivity index (χ1) is 4.77. The van der Waals surface area contributed by atoms with Gasteiger partial charge in [-0.1, -0.05) is 19.1 Å². The number of allylic oxidation sites excluding steroid dienone is 3. The summed E-state index contributed by atoms with van der Waals surface area (Å²) in [5, 5.41) is 0. The Hall–Kier alpha value is -1.05. The van der Waals surface area contributed by atoms with Crippen molar-refractivity contribution in [2.75, 3.05) is 0 Å². The zero-order valence-electron chi connectivity index (χ0n) is 6.33. The smallest absolute Gasteiger partial charge is 0.307 e. The molecule has 0 radical (unpaired) electrons. The van der Waals surface area contributed by atoms with Gasteiger partial charge in [0.1, 0.15) is 0 Å². The van der Waals surface area contributed by atoms with Gasteiger partial charge in [0.15, 0.2) is 0 Å². The molecule has 0 aliphatic heterocycles. The third kappa shape index (κ3) is 6.95. The lowest BCUT2D eigenvalue weighted by Gasteiger charge is -1.86. The summed E-state index contributed by atoms with van der Waals surface area (Å²) in [5.74, 6) is -0.291. The van der Waals surface area contributed by atoms with Crippen molar-refractivity contribution < 1.29 is 9.53 Å². The molecule has 0 aromatic carbocycles. The fourth-order valence-corrected chi connectivity index (χ4v) is 0.395. The molecule has 0 aliphatic rings. The minimum atomic E-state index is -0.291. The van der Waals surface area contributed by atoms with Crippen LogP contribution in [0.2, 0.25) is 0 Å². The van der Waals surface area contributed by atoms with E-state index in [0.717, 1.165) is 6.42 Å². The molecule has 0 atom stereocenters. The number of hydrogen-bond acceptors (Lipinski definition) is 2. The van der Waals surface area contributed by atoms with Crippen molar-refractivity contribution in [3.63, 3.8) is 0 Å². The lowest BCUT2D eigenvalue weighted by atomic mass is 10.4. The number of hydrogen-bond donors (Lipinski definition) is 0. The molecule has 0 aromatic rings. The first kappa shape index (κ1) is 8.95. The first-order valence-corrected chi connectivity index (χ1v) is 3.26. The third-order valence-corrected chi connectivity index (χ3v) is 0.795. The van der Waals surface area contributed by atoms with Gasteiger partial charge in [0.25, 0.3) is 0 Å². The molecular formula is C8H12O2. The maximum atomic E-state index is 10.2. The molecule has 2 heteroatoms. The van der Waals surface area contributed by atoms with Crippen molar-refractivity contribution >= 4 is 5.97 Å². The highest BCUT2D eigenvalue weighted by Crippen LogP contribution is 1.83. The summed E-state index contributed by atoms with van der Waals surface area (Å²) in [6.07, 6.45) is 7.85. The zero-order valence-corrected chi connectivity index (χ0v) is 6.33. The Morgan fingerprint density at radius 2 is 2.20 bits per heavy atom. The zero-order chi connectivity index (χ0) is 7.82. The fourth-order valence-electron chi connectivity index (χ4n) is 0.395. The van der Waals surface area contributed by atoms with Gasteiger partial charge in [0.2, 0.25) is 0 Å². The lowest BCUT2D eigenvalue weighted by molar-refractivity contribution is -0.135. The second-order valence-electron chi connectivity index (χ2n) is 1.77. The van der Waals surface area contributed by atoms with Gasteiger partial charge in [-0.3, -0.25) is 4.79 Å². The van der Waals surface area contributed by atoms with Crippen molar-refractivity contribution in [1.29, 1.82) is 0 Å². The van der Waals surface area contributed by atoms with Crippen molar-refractivity contribution in [1.82, 2.24) is 0 Å². The summed E-state index contributed by atoms with van der Waals surface area (Å²) in [5.41, 5.74) is 0. The molecule has 0 bridgehead atoms. The largest absolute Gasteiger partial charge is 0.435 e. The Kier molecular flexibility index (Phi) is 5.44. The number of rotatable bonds is 3. The van der Waals surface area contributed by atoms with E-state index in [1.165, 1.54) is 13.2 Å². The quantitative estimate of drug-likeness (QED) is 0.340. The maximum absolute atomic E-state index is 10.2. The van der Waals surface area contributed by atoms with Crippen LogP contribution in [0.15, 0.2) is 24.5 Å². The highest BCUT2D eigenvalue weighted by molar-refractivity contribution is 5.66. The van der Waals surface area contributed by atoms with Gasteiger partial charge in [-0.25, -0.2) is 0 Å². The van der Waals surface area contributed by atoms with Crippen LogP contribution in [0.25, 0.3) is 0 Å². The van der Waals surface area contributed by atoms with Crippen LogP contribution in [0.4, 0.5) is 0 Å². The van der Waals surface area contributed by atoms with Crippen molar-refractivity contribution in [2.45, 2.75) is 20.3 Å². The molecule has 56 valence electrons. The van der Waals surface area contributed by atoms with E-state index in [-0.39, 0.29) is 5.97 Å². The van der Waals surface area contributed by atoms with Gasteiger partial charge in [-0.05, 0) is 12.5 Å². The minimum Gasteiger partial charge on any atom is -0.435 e. The van der Waals surface area contributed by atoms with Crippen molar-refractivity contribution in [3.8, 4) is 0 Å². The van der Waals surface area contributed by atoms with Crippen molar-refractivity contribution in [3.05, 3.63) is 24.5 Å². The number of carbonyl (C=O) groups is 1. The van der Waals surface area contributed by atoms with Crippen LogP contribution < -0.4 is 0 Å². The molecule has 0 heterocycles. The fraction of sp³-hybridized carbons (Fsp3) is 0.375. The second kappa shape index (κ2) is 6.08. The van der Waals surface area contributed by atoms with Crippen LogP contribution in [0.5, 0.6) is 0 Å². The van der Waals surface area contributed by atoms with E-state index in [9.17, 15) is 4.79 Å². The van der Waals surface area contributed by atoms with Crippen LogP contribution in [0.1, 0.15) is 20.3 Å². The standard InChI is InChI=1S/C8H12O2/c1-3-4-5-6-7-10-8(2)9/h4-7H,3H2,1-2H3/b5-4-,7-6+. The summed E-state index contributed by atoms with van der Waals surface area (Å²) in [4.78, 5) is 10.2. The topological polar surface area (TPSA) is 26.3 Å². The molecule has 0 unspecified atom stereocenters. The third-order valence-electron chi connectivity index (χ3n) is 0.795. The summed E-state index contributed by atoms with van der Waals surface area (Å²) >= 11 is 0.